The maximum Gasteiger partial charge on any atom is 0.243 e. The van der Waals surface area contributed by atoms with Gasteiger partial charge in [0.15, 0.2) is 0 Å². The molecule has 0 aromatic heterocycles. The van der Waals surface area contributed by atoms with Gasteiger partial charge in [-0.3, -0.25) is 9.59 Å². The largest absolute Gasteiger partial charge is 0.350 e. The Hall–Kier alpha value is -1.55. The summed E-state index contributed by atoms with van der Waals surface area (Å²) in [7, 11) is 0. The van der Waals surface area contributed by atoms with E-state index in [0.717, 1.165) is 5.56 Å². The molecular weight excluding hydrogens is 264 g/mol. The van der Waals surface area contributed by atoms with Crippen LogP contribution in [0.4, 0.5) is 0 Å². The summed E-state index contributed by atoms with van der Waals surface area (Å²) in [4.78, 5) is 23.1. The van der Waals surface area contributed by atoms with Gasteiger partial charge in [-0.1, -0.05) is 37.6 Å². The first-order valence-corrected chi connectivity index (χ1v) is 6.57. The topological polar surface area (TPSA) is 58.2 Å². The van der Waals surface area contributed by atoms with Gasteiger partial charge in [-0.2, -0.15) is 0 Å². The van der Waals surface area contributed by atoms with Gasteiger partial charge in [0, 0.05) is 18.5 Å². The van der Waals surface area contributed by atoms with Gasteiger partial charge in [-0.15, -0.1) is 0 Å². The van der Waals surface area contributed by atoms with Gasteiger partial charge in [0.05, 0.1) is 0 Å². The molecule has 1 unspecified atom stereocenters. The number of carbonyl (C=O) groups excluding carboxylic acids is 2. The van der Waals surface area contributed by atoms with Crippen LogP contribution in [0.1, 0.15) is 26.3 Å². The van der Waals surface area contributed by atoms with Gasteiger partial charge in [-0.05, 0) is 23.6 Å². The van der Waals surface area contributed by atoms with Crippen LogP contribution in [0, 0.1) is 5.92 Å². The molecule has 0 fully saturated rings. The summed E-state index contributed by atoms with van der Waals surface area (Å²) in [6.45, 7) is 5.57. The van der Waals surface area contributed by atoms with Crippen LogP contribution in [0.15, 0.2) is 24.3 Å². The lowest BCUT2D eigenvalue weighted by molar-refractivity contribution is -0.129. The monoisotopic (exact) mass is 282 g/mol. The average Bonchev–Trinajstić information content (AvgIpc) is 2.32. The van der Waals surface area contributed by atoms with Crippen molar-refractivity contribution in [2.45, 2.75) is 33.4 Å². The Labute approximate surface area is 118 Å². The van der Waals surface area contributed by atoms with Gasteiger partial charge in [0.1, 0.15) is 6.04 Å². The molecule has 104 valence electrons. The molecule has 19 heavy (non-hydrogen) atoms. The highest BCUT2D eigenvalue weighted by molar-refractivity contribution is 6.30. The van der Waals surface area contributed by atoms with Crippen molar-refractivity contribution in [3.63, 3.8) is 0 Å². The molecule has 1 atom stereocenters. The highest BCUT2D eigenvalue weighted by Gasteiger charge is 2.22. The number of nitrogens with one attached hydrogen (secondary N) is 2. The molecule has 0 heterocycles. The minimum atomic E-state index is -0.517. The highest BCUT2D eigenvalue weighted by Crippen LogP contribution is 2.10. The van der Waals surface area contributed by atoms with Crippen LogP contribution in [0.25, 0.3) is 0 Å². The molecule has 0 saturated heterocycles. The first kappa shape index (κ1) is 15.5. The highest BCUT2D eigenvalue weighted by atomic mass is 35.5. The molecule has 2 amide bonds. The summed E-state index contributed by atoms with van der Waals surface area (Å²) in [6, 6.07) is 6.77. The normalized spacial score (nSPS) is 12.1. The zero-order valence-electron chi connectivity index (χ0n) is 11.4. The first-order valence-electron chi connectivity index (χ1n) is 6.19. The third-order valence-electron chi connectivity index (χ3n) is 2.66. The summed E-state index contributed by atoms with van der Waals surface area (Å²) in [5, 5.41) is 6.08. The molecule has 0 aliphatic carbocycles. The van der Waals surface area contributed by atoms with Crippen molar-refractivity contribution in [2.75, 3.05) is 0 Å². The summed E-state index contributed by atoms with van der Waals surface area (Å²) >= 11 is 5.87. The maximum atomic E-state index is 12.0. The van der Waals surface area contributed by atoms with Crippen LogP contribution in [0.3, 0.4) is 0 Å². The Bertz CT molecular complexity index is 461. The third kappa shape index (κ3) is 5.30. The number of carbonyl (C=O) groups is 2. The fourth-order valence-electron chi connectivity index (χ4n) is 1.70. The van der Waals surface area contributed by atoms with E-state index in [9.17, 15) is 9.59 Å². The lowest BCUT2D eigenvalue weighted by Crippen LogP contribution is -2.48. The zero-order chi connectivity index (χ0) is 14.4. The average molecular weight is 283 g/mol. The second-order valence-electron chi connectivity index (χ2n) is 4.77. The number of rotatable bonds is 5. The number of benzene rings is 1. The van der Waals surface area contributed by atoms with Crippen molar-refractivity contribution in [3.8, 4) is 0 Å². The van der Waals surface area contributed by atoms with Gasteiger partial charge in [0.2, 0.25) is 11.8 Å². The Kier molecular flexibility index (Phi) is 5.83. The van der Waals surface area contributed by atoms with Crippen molar-refractivity contribution in [1.29, 1.82) is 0 Å². The molecule has 0 aliphatic rings. The van der Waals surface area contributed by atoms with E-state index >= 15 is 0 Å². The molecule has 0 aliphatic heterocycles. The first-order chi connectivity index (χ1) is 8.90. The molecule has 2 N–H and O–H groups in total. The predicted molar refractivity (Wildman–Crippen MR) is 75.7 cm³/mol. The van der Waals surface area contributed by atoms with E-state index in [4.69, 9.17) is 11.6 Å². The van der Waals surface area contributed by atoms with E-state index in [-0.39, 0.29) is 17.7 Å². The minimum absolute atomic E-state index is 0.0308. The van der Waals surface area contributed by atoms with Gasteiger partial charge >= 0.3 is 0 Å². The number of hydrogen-bond acceptors (Lipinski definition) is 2. The van der Waals surface area contributed by atoms with Crippen molar-refractivity contribution in [1.82, 2.24) is 10.6 Å². The molecule has 1 aromatic rings. The van der Waals surface area contributed by atoms with Crippen LogP contribution in [0.5, 0.6) is 0 Å². The van der Waals surface area contributed by atoms with E-state index in [2.05, 4.69) is 10.6 Å². The SMILES string of the molecule is CC(=O)NC(C(=O)NCc1cccc(Cl)c1)C(C)C. The Balaban J connectivity index is 2.59. The zero-order valence-corrected chi connectivity index (χ0v) is 12.1. The van der Waals surface area contributed by atoms with Crippen LogP contribution >= 0.6 is 11.6 Å². The van der Waals surface area contributed by atoms with E-state index in [1.807, 2.05) is 26.0 Å². The van der Waals surface area contributed by atoms with Gasteiger partial charge in [-0.25, -0.2) is 0 Å². The number of halogens is 1. The molecule has 0 spiro atoms. The Morgan fingerprint density at radius 1 is 1.32 bits per heavy atom. The summed E-state index contributed by atoms with van der Waals surface area (Å²) < 4.78 is 0. The molecular formula is C14H19ClN2O2. The maximum absolute atomic E-state index is 12.0. The number of hydrogen-bond donors (Lipinski definition) is 2. The van der Waals surface area contributed by atoms with Crippen LogP contribution in [-0.4, -0.2) is 17.9 Å². The van der Waals surface area contributed by atoms with E-state index in [0.29, 0.717) is 11.6 Å². The van der Waals surface area contributed by atoms with Crippen LogP contribution in [-0.2, 0) is 16.1 Å². The van der Waals surface area contributed by atoms with E-state index in [1.165, 1.54) is 6.92 Å². The smallest absolute Gasteiger partial charge is 0.243 e. The molecule has 1 rings (SSSR count). The second kappa shape index (κ2) is 7.14. The van der Waals surface area contributed by atoms with Gasteiger partial charge < -0.3 is 10.6 Å². The van der Waals surface area contributed by atoms with Crippen molar-refractivity contribution in [3.05, 3.63) is 34.9 Å². The summed E-state index contributed by atoms with van der Waals surface area (Å²) in [5.41, 5.74) is 0.922. The van der Waals surface area contributed by atoms with E-state index < -0.39 is 6.04 Å². The molecule has 4 nitrogen and oxygen atoms in total. The van der Waals surface area contributed by atoms with Gasteiger partial charge in [0.25, 0.3) is 0 Å². The molecule has 0 radical (unpaired) electrons. The quantitative estimate of drug-likeness (QED) is 0.869. The standard InChI is InChI=1S/C14H19ClN2O2/c1-9(2)13(17-10(3)18)14(19)16-8-11-5-4-6-12(15)7-11/h4-7,9,13H,8H2,1-3H3,(H,16,19)(H,17,18). The minimum Gasteiger partial charge on any atom is -0.350 e. The summed E-state index contributed by atoms with van der Waals surface area (Å²) in [5.74, 6) is -0.370. The van der Waals surface area contributed by atoms with Crippen LogP contribution in [0.2, 0.25) is 5.02 Å². The summed E-state index contributed by atoms with van der Waals surface area (Å²) in [6.07, 6.45) is 0. The Morgan fingerprint density at radius 3 is 2.53 bits per heavy atom. The molecule has 1 aromatic carbocycles. The number of amides is 2. The lowest BCUT2D eigenvalue weighted by atomic mass is 10.0. The molecule has 0 bridgehead atoms. The fraction of sp³-hybridized carbons (Fsp3) is 0.429. The second-order valence-corrected chi connectivity index (χ2v) is 5.21. The van der Waals surface area contributed by atoms with Crippen LogP contribution < -0.4 is 10.6 Å². The van der Waals surface area contributed by atoms with Crippen molar-refractivity contribution < 1.29 is 9.59 Å². The molecule has 5 heteroatoms. The Morgan fingerprint density at radius 2 is 2.00 bits per heavy atom. The predicted octanol–water partition coefficient (Wildman–Crippen LogP) is 2.12. The van der Waals surface area contributed by atoms with Crippen molar-refractivity contribution in [2.24, 2.45) is 5.92 Å². The lowest BCUT2D eigenvalue weighted by Gasteiger charge is -2.20. The molecule has 0 saturated carbocycles. The fourth-order valence-corrected chi connectivity index (χ4v) is 1.91. The third-order valence-corrected chi connectivity index (χ3v) is 2.90. The van der Waals surface area contributed by atoms with E-state index in [1.54, 1.807) is 12.1 Å². The van der Waals surface area contributed by atoms with Crippen molar-refractivity contribution >= 4 is 23.4 Å².